The number of aromatic nitrogens is 2. The van der Waals surface area contributed by atoms with Gasteiger partial charge < -0.3 is 19.9 Å². The molecule has 1 N–H and O–H groups in total. The number of thiophene rings is 1. The molecule has 1 atom stereocenters. The van der Waals surface area contributed by atoms with Crippen LogP contribution < -0.4 is 15.8 Å². The number of ether oxygens (including phenoxy) is 1. The predicted molar refractivity (Wildman–Crippen MR) is 180 cm³/mol. The smallest absolute Gasteiger partial charge is 0.259 e. The van der Waals surface area contributed by atoms with Crippen molar-refractivity contribution >= 4 is 55.1 Å². The van der Waals surface area contributed by atoms with Gasteiger partial charge in [-0.15, -0.1) is 11.3 Å². The fourth-order valence-corrected chi connectivity index (χ4v) is 7.08. The number of carbonyl (C=O) groups is 1. The Bertz CT molecular complexity index is 1750. The van der Waals surface area contributed by atoms with Crippen LogP contribution in [-0.2, 0) is 9.53 Å². The second-order valence-corrected chi connectivity index (χ2v) is 12.0. The molecule has 0 radical (unpaired) electrons. The van der Waals surface area contributed by atoms with Crippen molar-refractivity contribution in [1.29, 1.82) is 0 Å². The molecule has 226 valence electrons. The number of likely N-dealkylation sites (tertiary alicyclic amines) is 1. The van der Waals surface area contributed by atoms with Gasteiger partial charge in [-0.1, -0.05) is 39.0 Å². The summed E-state index contributed by atoms with van der Waals surface area (Å²) in [6.07, 6.45) is 5.29. The molecule has 43 heavy (non-hydrogen) atoms. The molecule has 7 rings (SSSR count). The van der Waals surface area contributed by atoms with E-state index in [9.17, 15) is 9.59 Å². The number of nitrogens with zero attached hydrogens (tertiary/aromatic N) is 4. The molecule has 2 saturated heterocycles. The summed E-state index contributed by atoms with van der Waals surface area (Å²) in [5.74, 6) is 1.62. The first kappa shape index (κ1) is 30.7. The first-order valence-electron chi connectivity index (χ1n) is 15.2. The Morgan fingerprint density at radius 2 is 1.79 bits per heavy atom. The number of hydrogen-bond donors (Lipinski definition) is 1. The molecule has 2 fully saturated rings. The Kier molecular flexibility index (Phi) is 10.1. The third-order valence-corrected chi connectivity index (χ3v) is 9.11. The highest BCUT2D eigenvalue weighted by atomic mass is 32.1. The van der Waals surface area contributed by atoms with Gasteiger partial charge in [0.2, 0.25) is 6.41 Å². The summed E-state index contributed by atoms with van der Waals surface area (Å²) in [4.78, 5) is 33.3. The summed E-state index contributed by atoms with van der Waals surface area (Å²) >= 11 is 1.70. The second kappa shape index (κ2) is 14.1. The van der Waals surface area contributed by atoms with Crippen molar-refractivity contribution in [3.05, 3.63) is 71.1 Å². The molecule has 2 aromatic carbocycles. The third kappa shape index (κ3) is 6.74. The number of fused-ring (bicyclic) bond motifs is 4. The number of pyridine rings is 1. The van der Waals surface area contributed by atoms with Crippen molar-refractivity contribution in [1.82, 2.24) is 14.3 Å². The van der Waals surface area contributed by atoms with E-state index in [4.69, 9.17) is 9.72 Å². The zero-order valence-corrected chi connectivity index (χ0v) is 26.3. The Hall–Kier alpha value is -3.79. The lowest BCUT2D eigenvalue weighted by Gasteiger charge is -2.27. The summed E-state index contributed by atoms with van der Waals surface area (Å²) in [6.45, 7) is 11.6. The largest absolute Gasteiger partial charge is 0.378 e. The average Bonchev–Trinajstić information content (AvgIpc) is 3.41. The monoisotopic (exact) mass is 599 g/mol. The van der Waals surface area contributed by atoms with Crippen LogP contribution in [0.4, 0.5) is 11.5 Å². The molecule has 3 aromatic heterocycles. The number of hydrogen-bond acceptors (Lipinski definition) is 7. The number of morpholine rings is 1. The summed E-state index contributed by atoms with van der Waals surface area (Å²) in [7, 11) is 2.20. The number of piperidine rings is 1. The zero-order chi connectivity index (χ0) is 30.3. The lowest BCUT2D eigenvalue weighted by molar-refractivity contribution is -0.105. The first-order valence-corrected chi connectivity index (χ1v) is 16.0. The summed E-state index contributed by atoms with van der Waals surface area (Å²) < 4.78 is 9.32. The van der Waals surface area contributed by atoms with Crippen LogP contribution in [0.2, 0.25) is 0 Å². The van der Waals surface area contributed by atoms with Crippen LogP contribution in [0.15, 0.2) is 65.6 Å². The summed E-state index contributed by atoms with van der Waals surface area (Å²) in [6, 6.07) is 17.6. The Morgan fingerprint density at radius 1 is 1.00 bits per heavy atom. The van der Waals surface area contributed by atoms with E-state index >= 15 is 0 Å². The van der Waals surface area contributed by atoms with E-state index in [2.05, 4.69) is 41.2 Å². The van der Waals surface area contributed by atoms with Gasteiger partial charge in [-0.3, -0.25) is 14.0 Å². The maximum absolute atomic E-state index is 13.0. The molecule has 0 aliphatic carbocycles. The topological polar surface area (TPSA) is 79.2 Å². The number of carbonyl (C=O) groups excluding carboxylic acids is 1. The molecule has 2 aliphatic rings. The van der Waals surface area contributed by atoms with Gasteiger partial charge in [-0.2, -0.15) is 0 Å². The average molecular weight is 600 g/mol. The maximum Gasteiger partial charge on any atom is 0.259 e. The van der Waals surface area contributed by atoms with E-state index in [1.165, 1.54) is 25.9 Å². The molecule has 0 unspecified atom stereocenters. The quantitative estimate of drug-likeness (QED) is 0.237. The number of benzene rings is 2. The van der Waals surface area contributed by atoms with Crippen LogP contribution in [-0.4, -0.2) is 67.1 Å². The molecule has 9 heteroatoms. The van der Waals surface area contributed by atoms with Crippen molar-refractivity contribution in [3.8, 4) is 11.1 Å². The van der Waals surface area contributed by atoms with Gasteiger partial charge >= 0.3 is 0 Å². The third-order valence-electron chi connectivity index (χ3n) is 7.89. The highest BCUT2D eigenvalue weighted by Gasteiger charge is 2.18. The SMILES string of the molecule is CC.C[C@@H]1CCCN(C)C1.O=CNc1ccc2sc3c(-c4cccn5c(=O)cc(N6CCOCC6)nc45)cccc3c2c1. The van der Waals surface area contributed by atoms with E-state index in [1.807, 2.05) is 50.2 Å². The number of amides is 1. The van der Waals surface area contributed by atoms with Gasteiger partial charge in [-0.05, 0) is 62.7 Å². The number of rotatable bonds is 4. The van der Waals surface area contributed by atoms with Crippen LogP contribution in [0.25, 0.3) is 36.9 Å². The standard InChI is InChI=1S/C25H20N4O3S.C7H15N.C2H6/c30-15-26-16-6-7-21-20(13-16)18-4-1-3-17(24(18)33-21)19-5-2-8-29-23(31)14-22(27-25(19)29)28-9-11-32-12-10-28;1-7-4-3-5-8(2)6-7;1-2/h1-8,13-15H,9-12H2,(H,26,30);7H,3-6H2,1-2H3;1-2H3/t;7-;/m.1./s1. The van der Waals surface area contributed by atoms with Gasteiger partial charge in [-0.25, -0.2) is 4.98 Å². The van der Waals surface area contributed by atoms with E-state index < -0.39 is 0 Å². The molecule has 1 amide bonds. The van der Waals surface area contributed by atoms with Crippen LogP contribution in [0.1, 0.15) is 33.6 Å². The van der Waals surface area contributed by atoms with Crippen LogP contribution in [0.5, 0.6) is 0 Å². The highest BCUT2D eigenvalue weighted by Crippen LogP contribution is 2.41. The van der Waals surface area contributed by atoms with E-state index in [0.29, 0.717) is 44.2 Å². The van der Waals surface area contributed by atoms with Crippen molar-refractivity contribution < 1.29 is 9.53 Å². The summed E-state index contributed by atoms with van der Waals surface area (Å²) in [5.41, 5.74) is 3.24. The minimum atomic E-state index is -0.101. The molecular formula is C34H41N5O3S. The van der Waals surface area contributed by atoms with Crippen LogP contribution in [0, 0.1) is 5.92 Å². The van der Waals surface area contributed by atoms with Crippen molar-refractivity contribution in [2.75, 3.05) is 56.7 Å². The van der Waals surface area contributed by atoms with Gasteiger partial charge in [0.1, 0.15) is 11.5 Å². The molecule has 5 heterocycles. The van der Waals surface area contributed by atoms with Crippen molar-refractivity contribution in [2.45, 2.75) is 33.6 Å². The minimum absolute atomic E-state index is 0.101. The molecule has 5 aromatic rings. The Labute approximate surface area is 256 Å². The normalized spacial score (nSPS) is 17.2. The molecule has 0 bridgehead atoms. The van der Waals surface area contributed by atoms with Gasteiger partial charge in [0.05, 0.1) is 13.2 Å². The van der Waals surface area contributed by atoms with E-state index in [0.717, 1.165) is 42.9 Å². The van der Waals surface area contributed by atoms with Crippen LogP contribution >= 0.6 is 11.3 Å². The van der Waals surface area contributed by atoms with Crippen molar-refractivity contribution in [3.63, 3.8) is 0 Å². The molecular weight excluding hydrogens is 558 g/mol. The second-order valence-electron chi connectivity index (χ2n) is 10.9. The van der Waals surface area contributed by atoms with Gasteiger partial charge in [0, 0.05) is 68.9 Å². The Balaban J connectivity index is 0.000000317. The van der Waals surface area contributed by atoms with Gasteiger partial charge in [0.15, 0.2) is 0 Å². The molecule has 8 nitrogen and oxygen atoms in total. The van der Waals surface area contributed by atoms with E-state index in [-0.39, 0.29) is 5.56 Å². The predicted octanol–water partition coefficient (Wildman–Crippen LogP) is 6.51. The summed E-state index contributed by atoms with van der Waals surface area (Å²) in [5, 5.41) is 4.92. The fraction of sp³-hybridized carbons (Fsp3) is 0.382. The highest BCUT2D eigenvalue weighted by molar-refractivity contribution is 7.26. The number of anilines is 2. The van der Waals surface area contributed by atoms with Crippen LogP contribution in [0.3, 0.4) is 0 Å². The lowest BCUT2D eigenvalue weighted by atomic mass is 10.0. The number of nitrogens with one attached hydrogen (secondary N) is 1. The first-order chi connectivity index (χ1) is 21.0. The fourth-order valence-electron chi connectivity index (χ4n) is 5.87. The lowest BCUT2D eigenvalue weighted by Crippen LogP contribution is -2.37. The zero-order valence-electron chi connectivity index (χ0n) is 25.5. The van der Waals surface area contributed by atoms with E-state index in [1.54, 1.807) is 28.0 Å². The van der Waals surface area contributed by atoms with Crippen molar-refractivity contribution in [2.24, 2.45) is 5.92 Å². The molecule has 2 aliphatic heterocycles. The molecule has 0 saturated carbocycles. The minimum Gasteiger partial charge on any atom is -0.378 e. The Morgan fingerprint density at radius 3 is 2.51 bits per heavy atom. The maximum atomic E-state index is 13.0. The van der Waals surface area contributed by atoms with Gasteiger partial charge in [0.25, 0.3) is 5.56 Å². The molecule has 0 spiro atoms.